The number of aromatic nitrogens is 4. The molecule has 10 nitrogen and oxygen atoms in total. The molecule has 1 aromatic carbocycles. The van der Waals surface area contributed by atoms with E-state index in [2.05, 4.69) is 6.92 Å². The van der Waals surface area contributed by atoms with Crippen molar-refractivity contribution in [3.05, 3.63) is 50.7 Å². The average molecular weight is 441 g/mol. The number of aryl methyl sites for hydroxylation is 1. The third-order valence-electron chi connectivity index (χ3n) is 5.65. The number of carbonyl (C=O) groups is 1. The molecule has 10 heteroatoms. The van der Waals surface area contributed by atoms with Crippen molar-refractivity contribution in [2.75, 3.05) is 31.8 Å². The summed E-state index contributed by atoms with van der Waals surface area (Å²) in [7, 11) is 3.15. The minimum atomic E-state index is -0.423. The molecular weight excluding hydrogens is 414 g/mol. The van der Waals surface area contributed by atoms with Crippen molar-refractivity contribution >= 4 is 28.8 Å². The van der Waals surface area contributed by atoms with Gasteiger partial charge in [-0.3, -0.25) is 13.9 Å². The summed E-state index contributed by atoms with van der Waals surface area (Å²) in [4.78, 5) is 44.7. The lowest BCUT2D eigenvalue weighted by Crippen LogP contribution is -2.41. The third-order valence-corrected chi connectivity index (χ3v) is 5.65. The molecule has 170 valence electrons. The fraction of sp³-hybridized carbons (Fsp3) is 0.455. The highest BCUT2D eigenvalue weighted by Gasteiger charge is 2.30. The van der Waals surface area contributed by atoms with Crippen molar-refractivity contribution in [3.63, 3.8) is 0 Å². The Kier molecular flexibility index (Phi) is 5.88. The second-order valence-corrected chi connectivity index (χ2v) is 7.97. The van der Waals surface area contributed by atoms with Gasteiger partial charge in [0, 0.05) is 32.9 Å². The van der Waals surface area contributed by atoms with Crippen LogP contribution in [0.5, 0.6) is 0 Å². The van der Waals surface area contributed by atoms with Crippen molar-refractivity contribution in [2.24, 2.45) is 13.0 Å². The summed E-state index contributed by atoms with van der Waals surface area (Å²) in [6.45, 7) is 5.91. The normalized spacial score (nSPS) is 15.8. The van der Waals surface area contributed by atoms with E-state index in [4.69, 9.17) is 14.5 Å². The largest absolute Gasteiger partial charge is 0.462 e. The Bertz CT molecular complexity index is 1270. The minimum absolute atomic E-state index is 0.174. The van der Waals surface area contributed by atoms with E-state index >= 15 is 0 Å². The van der Waals surface area contributed by atoms with Crippen LogP contribution in [-0.4, -0.2) is 51.5 Å². The van der Waals surface area contributed by atoms with Crippen LogP contribution < -0.4 is 16.1 Å². The average Bonchev–Trinajstić information content (AvgIpc) is 3.17. The number of anilines is 2. The van der Waals surface area contributed by atoms with Gasteiger partial charge in [-0.15, -0.1) is 0 Å². The lowest BCUT2D eigenvalue weighted by atomic mass is 10.1. The van der Waals surface area contributed by atoms with Gasteiger partial charge in [0.25, 0.3) is 5.56 Å². The first kappa shape index (κ1) is 21.8. The zero-order valence-electron chi connectivity index (χ0n) is 18.7. The topological polar surface area (TPSA) is 101 Å². The standard InChI is InChI=1S/C22H27N5O5/c1-5-32-20(29)15-6-8-16(9-7-15)26-12-14(2)13-27-17-18(23-21(26)27)24(3)22(30)25(19(17)28)10-11-31-4/h6-9,14H,5,10-13H2,1-4H3/t14-/m1/s1. The van der Waals surface area contributed by atoms with Crippen molar-refractivity contribution in [1.82, 2.24) is 18.7 Å². The maximum absolute atomic E-state index is 13.2. The van der Waals surface area contributed by atoms with Crippen LogP contribution in [0.15, 0.2) is 33.9 Å². The molecule has 0 fully saturated rings. The van der Waals surface area contributed by atoms with Gasteiger partial charge in [0.05, 0.1) is 25.3 Å². The van der Waals surface area contributed by atoms with Gasteiger partial charge >= 0.3 is 11.7 Å². The van der Waals surface area contributed by atoms with E-state index in [1.54, 1.807) is 26.1 Å². The fourth-order valence-corrected chi connectivity index (χ4v) is 4.09. The van der Waals surface area contributed by atoms with Gasteiger partial charge < -0.3 is 18.9 Å². The van der Waals surface area contributed by atoms with Crippen molar-refractivity contribution in [1.29, 1.82) is 0 Å². The van der Waals surface area contributed by atoms with Crippen LogP contribution in [0.4, 0.5) is 11.6 Å². The number of rotatable bonds is 6. The number of hydrogen-bond donors (Lipinski definition) is 0. The molecule has 3 aromatic rings. The molecule has 4 rings (SSSR count). The molecule has 0 aliphatic carbocycles. The Morgan fingerprint density at radius 3 is 2.56 bits per heavy atom. The second-order valence-electron chi connectivity index (χ2n) is 7.97. The summed E-state index contributed by atoms with van der Waals surface area (Å²) in [5.41, 5.74) is 1.27. The molecule has 0 unspecified atom stereocenters. The van der Waals surface area contributed by atoms with Crippen molar-refractivity contribution in [2.45, 2.75) is 26.9 Å². The van der Waals surface area contributed by atoms with Gasteiger partial charge in [0.1, 0.15) is 0 Å². The first-order chi connectivity index (χ1) is 15.4. The molecule has 0 N–H and O–H groups in total. The summed E-state index contributed by atoms with van der Waals surface area (Å²) < 4.78 is 14.6. The third kappa shape index (κ3) is 3.60. The molecule has 1 aliphatic rings. The number of methoxy groups -OCH3 is 1. The Hall–Kier alpha value is -3.40. The molecule has 1 atom stereocenters. The number of ether oxygens (including phenoxy) is 2. The molecule has 1 aliphatic heterocycles. The summed E-state index contributed by atoms with van der Waals surface area (Å²) in [5, 5.41) is 0. The number of imidazole rings is 1. The quantitative estimate of drug-likeness (QED) is 0.535. The number of nitrogens with zero attached hydrogens (tertiary/aromatic N) is 5. The molecule has 0 saturated carbocycles. The molecule has 0 spiro atoms. The van der Waals surface area contributed by atoms with Crippen LogP contribution >= 0.6 is 0 Å². The zero-order valence-corrected chi connectivity index (χ0v) is 18.7. The van der Waals surface area contributed by atoms with Gasteiger partial charge in [0.2, 0.25) is 5.95 Å². The molecule has 0 bridgehead atoms. The maximum atomic E-state index is 13.2. The van der Waals surface area contributed by atoms with E-state index in [-0.39, 0.29) is 30.6 Å². The molecule has 0 amide bonds. The number of esters is 1. The lowest BCUT2D eigenvalue weighted by Gasteiger charge is -2.33. The highest BCUT2D eigenvalue weighted by atomic mass is 16.5. The monoisotopic (exact) mass is 441 g/mol. The fourth-order valence-electron chi connectivity index (χ4n) is 4.09. The van der Waals surface area contributed by atoms with Crippen LogP contribution in [0.25, 0.3) is 11.2 Å². The Morgan fingerprint density at radius 1 is 1.19 bits per heavy atom. The first-order valence-electron chi connectivity index (χ1n) is 10.6. The van der Waals surface area contributed by atoms with Crippen LogP contribution in [0.1, 0.15) is 24.2 Å². The zero-order chi connectivity index (χ0) is 23.0. The highest BCUT2D eigenvalue weighted by Crippen LogP contribution is 2.32. The lowest BCUT2D eigenvalue weighted by molar-refractivity contribution is 0.0526. The Balaban J connectivity index is 1.84. The van der Waals surface area contributed by atoms with E-state index in [0.717, 1.165) is 5.69 Å². The Morgan fingerprint density at radius 2 is 1.91 bits per heavy atom. The summed E-state index contributed by atoms with van der Waals surface area (Å²) >= 11 is 0. The molecule has 2 aromatic heterocycles. The second kappa shape index (κ2) is 8.62. The van der Waals surface area contributed by atoms with Crippen molar-refractivity contribution in [3.8, 4) is 0 Å². The van der Waals surface area contributed by atoms with Crippen LogP contribution in [0, 0.1) is 5.92 Å². The van der Waals surface area contributed by atoms with Crippen LogP contribution in [0.3, 0.4) is 0 Å². The molecule has 32 heavy (non-hydrogen) atoms. The first-order valence-corrected chi connectivity index (χ1v) is 10.6. The summed E-state index contributed by atoms with van der Waals surface area (Å²) in [5.74, 6) is 0.456. The molecular formula is C22H27N5O5. The number of fused-ring (bicyclic) bond motifs is 3. The number of hydrogen-bond acceptors (Lipinski definition) is 7. The number of benzene rings is 1. The molecule has 0 radical (unpaired) electrons. The van der Waals surface area contributed by atoms with Crippen LogP contribution in [0.2, 0.25) is 0 Å². The molecule has 0 saturated heterocycles. The highest BCUT2D eigenvalue weighted by molar-refractivity contribution is 5.90. The predicted octanol–water partition coefficient (Wildman–Crippen LogP) is 1.51. The SMILES string of the molecule is CCOC(=O)c1ccc(N2C[C@@H](C)Cn3c2nc2c3c(=O)n(CCOC)c(=O)n2C)cc1. The summed E-state index contributed by atoms with van der Waals surface area (Å²) in [6, 6.07) is 7.11. The van der Waals surface area contributed by atoms with Gasteiger partial charge in [-0.05, 0) is 37.1 Å². The maximum Gasteiger partial charge on any atom is 0.338 e. The smallest absolute Gasteiger partial charge is 0.338 e. The van der Waals surface area contributed by atoms with Crippen molar-refractivity contribution < 1.29 is 14.3 Å². The van der Waals surface area contributed by atoms with Gasteiger partial charge in [-0.25, -0.2) is 9.59 Å². The van der Waals surface area contributed by atoms with E-state index in [1.807, 2.05) is 21.6 Å². The summed E-state index contributed by atoms with van der Waals surface area (Å²) in [6.07, 6.45) is 0. The van der Waals surface area contributed by atoms with Crippen LogP contribution in [-0.2, 0) is 29.6 Å². The Labute approximate surface area is 184 Å². The van der Waals surface area contributed by atoms with E-state index in [1.165, 1.54) is 16.2 Å². The van der Waals surface area contributed by atoms with Gasteiger partial charge in [-0.2, -0.15) is 4.98 Å². The van der Waals surface area contributed by atoms with Gasteiger partial charge in [0.15, 0.2) is 11.2 Å². The minimum Gasteiger partial charge on any atom is -0.462 e. The predicted molar refractivity (Wildman–Crippen MR) is 120 cm³/mol. The van der Waals surface area contributed by atoms with E-state index < -0.39 is 5.69 Å². The van der Waals surface area contributed by atoms with E-state index in [0.29, 0.717) is 42.4 Å². The number of carbonyl (C=O) groups excluding carboxylic acids is 1. The van der Waals surface area contributed by atoms with Gasteiger partial charge in [-0.1, -0.05) is 6.92 Å². The molecule has 3 heterocycles. The van der Waals surface area contributed by atoms with E-state index in [9.17, 15) is 14.4 Å².